The van der Waals surface area contributed by atoms with E-state index in [-0.39, 0.29) is 18.3 Å². The smallest absolute Gasteiger partial charge is 0.306 e. The average Bonchev–Trinajstić information content (AvgIpc) is 2.34. The first kappa shape index (κ1) is 14.6. The van der Waals surface area contributed by atoms with Crippen molar-refractivity contribution in [2.75, 3.05) is 6.61 Å². The lowest BCUT2D eigenvalue weighted by Gasteiger charge is -2.15. The zero-order chi connectivity index (χ0) is 13.5. The van der Waals surface area contributed by atoms with Gasteiger partial charge in [0.25, 0.3) is 0 Å². The van der Waals surface area contributed by atoms with Crippen molar-refractivity contribution in [3.63, 3.8) is 0 Å². The number of carbonyl (C=O) groups excluding carboxylic acids is 1. The molecule has 0 heterocycles. The molecule has 0 N–H and O–H groups in total. The highest BCUT2D eigenvalue weighted by molar-refractivity contribution is 5.70. The van der Waals surface area contributed by atoms with Crippen LogP contribution in [0.2, 0.25) is 0 Å². The van der Waals surface area contributed by atoms with Crippen LogP contribution < -0.4 is 0 Å². The van der Waals surface area contributed by atoms with Crippen molar-refractivity contribution >= 4 is 5.97 Å². The third-order valence-corrected chi connectivity index (χ3v) is 2.78. The van der Waals surface area contributed by atoms with Gasteiger partial charge < -0.3 is 4.74 Å². The maximum atomic E-state index is 13.6. The Morgan fingerprint density at radius 3 is 2.61 bits per heavy atom. The lowest BCUT2D eigenvalue weighted by atomic mass is 9.93. The Labute approximate surface area is 106 Å². The Balaban J connectivity index is 2.73. The van der Waals surface area contributed by atoms with Crippen molar-refractivity contribution in [3.8, 4) is 0 Å². The number of carbonyl (C=O) groups is 1. The lowest BCUT2D eigenvalue weighted by Crippen LogP contribution is -2.12. The van der Waals surface area contributed by atoms with Gasteiger partial charge >= 0.3 is 5.97 Å². The third-order valence-electron chi connectivity index (χ3n) is 2.78. The van der Waals surface area contributed by atoms with Crippen LogP contribution in [0.25, 0.3) is 0 Å². The van der Waals surface area contributed by atoms with Crippen LogP contribution in [0, 0.1) is 11.6 Å². The second kappa shape index (κ2) is 7.09. The molecule has 4 heteroatoms. The van der Waals surface area contributed by atoms with Crippen LogP contribution in [-0.4, -0.2) is 12.6 Å². The van der Waals surface area contributed by atoms with Crippen molar-refractivity contribution in [2.45, 2.75) is 39.0 Å². The Hall–Kier alpha value is -1.45. The quantitative estimate of drug-likeness (QED) is 0.724. The van der Waals surface area contributed by atoms with Crippen molar-refractivity contribution in [1.82, 2.24) is 0 Å². The molecule has 1 atom stereocenters. The summed E-state index contributed by atoms with van der Waals surface area (Å²) in [6.45, 7) is 4.14. The van der Waals surface area contributed by atoms with E-state index in [0.29, 0.717) is 18.6 Å². The minimum Gasteiger partial charge on any atom is -0.466 e. The van der Waals surface area contributed by atoms with E-state index in [1.807, 2.05) is 13.8 Å². The van der Waals surface area contributed by atoms with Crippen LogP contribution in [-0.2, 0) is 9.53 Å². The topological polar surface area (TPSA) is 26.3 Å². The summed E-state index contributed by atoms with van der Waals surface area (Å²) < 4.78 is 31.4. The maximum absolute atomic E-state index is 13.6. The van der Waals surface area contributed by atoms with Crippen LogP contribution in [0.15, 0.2) is 18.2 Å². The van der Waals surface area contributed by atoms with E-state index in [9.17, 15) is 13.6 Å². The Bertz CT molecular complexity index is 405. The molecule has 0 aliphatic rings. The Morgan fingerprint density at radius 2 is 2.06 bits per heavy atom. The van der Waals surface area contributed by atoms with Crippen LogP contribution in [0.4, 0.5) is 8.78 Å². The van der Waals surface area contributed by atoms with Gasteiger partial charge in [0.1, 0.15) is 11.6 Å². The van der Waals surface area contributed by atoms with Gasteiger partial charge in [-0.3, -0.25) is 4.79 Å². The van der Waals surface area contributed by atoms with Gasteiger partial charge in [0, 0.05) is 6.07 Å². The molecule has 0 aromatic heterocycles. The van der Waals surface area contributed by atoms with Crippen molar-refractivity contribution in [3.05, 3.63) is 35.4 Å². The minimum absolute atomic E-state index is 0.124. The standard InChI is InChI=1S/C14H18F2O2/c1-3-7-18-14(17)8-10(4-2)12-6-5-11(15)9-13(12)16/h5-6,9-10H,3-4,7-8H2,1-2H3. The monoisotopic (exact) mass is 256 g/mol. The summed E-state index contributed by atoms with van der Waals surface area (Å²) in [6, 6.07) is 3.44. The number of halogens is 2. The van der Waals surface area contributed by atoms with Gasteiger partial charge in [-0.25, -0.2) is 8.78 Å². The molecule has 0 aliphatic carbocycles. The predicted molar refractivity (Wildman–Crippen MR) is 65.3 cm³/mol. The number of benzene rings is 1. The highest BCUT2D eigenvalue weighted by atomic mass is 19.1. The molecule has 100 valence electrons. The first-order chi connectivity index (χ1) is 8.58. The molecule has 0 aliphatic heterocycles. The van der Waals surface area contributed by atoms with E-state index in [1.165, 1.54) is 12.1 Å². The summed E-state index contributed by atoms with van der Waals surface area (Å²) in [6.07, 6.45) is 1.48. The first-order valence-electron chi connectivity index (χ1n) is 6.19. The number of ether oxygens (including phenoxy) is 1. The second-order valence-electron chi connectivity index (χ2n) is 4.20. The summed E-state index contributed by atoms with van der Waals surface area (Å²) in [5.41, 5.74) is 0.368. The highest BCUT2D eigenvalue weighted by Gasteiger charge is 2.18. The molecule has 0 saturated carbocycles. The van der Waals surface area contributed by atoms with Gasteiger partial charge in [-0.15, -0.1) is 0 Å². The zero-order valence-electron chi connectivity index (χ0n) is 10.7. The van der Waals surface area contributed by atoms with E-state index in [0.717, 1.165) is 12.5 Å². The van der Waals surface area contributed by atoms with Crippen molar-refractivity contribution in [1.29, 1.82) is 0 Å². The molecule has 18 heavy (non-hydrogen) atoms. The molecule has 0 radical (unpaired) electrons. The zero-order valence-corrected chi connectivity index (χ0v) is 10.7. The van der Waals surface area contributed by atoms with Crippen molar-refractivity contribution < 1.29 is 18.3 Å². The highest BCUT2D eigenvalue weighted by Crippen LogP contribution is 2.26. The molecule has 0 spiro atoms. The first-order valence-corrected chi connectivity index (χ1v) is 6.19. The Morgan fingerprint density at radius 1 is 1.33 bits per heavy atom. The number of hydrogen-bond acceptors (Lipinski definition) is 2. The van der Waals surface area contributed by atoms with E-state index in [1.54, 1.807) is 0 Å². The summed E-state index contributed by atoms with van der Waals surface area (Å²) in [5, 5.41) is 0. The predicted octanol–water partition coefficient (Wildman–Crippen LogP) is 3.80. The maximum Gasteiger partial charge on any atom is 0.306 e. The van der Waals surface area contributed by atoms with Crippen molar-refractivity contribution in [2.24, 2.45) is 0 Å². The largest absolute Gasteiger partial charge is 0.466 e. The SMILES string of the molecule is CCCOC(=O)CC(CC)c1ccc(F)cc1F. The Kier molecular flexibility index (Phi) is 5.75. The van der Waals surface area contributed by atoms with E-state index in [2.05, 4.69) is 0 Å². The number of rotatable bonds is 6. The summed E-state index contributed by atoms with van der Waals surface area (Å²) >= 11 is 0. The normalized spacial score (nSPS) is 12.2. The molecule has 1 aromatic rings. The van der Waals surface area contributed by atoms with Crippen LogP contribution in [0.3, 0.4) is 0 Å². The fraction of sp³-hybridized carbons (Fsp3) is 0.500. The van der Waals surface area contributed by atoms with Gasteiger partial charge in [-0.05, 0) is 30.4 Å². The molecule has 0 saturated heterocycles. The molecule has 1 aromatic carbocycles. The average molecular weight is 256 g/mol. The van der Waals surface area contributed by atoms with E-state index >= 15 is 0 Å². The number of hydrogen-bond donors (Lipinski definition) is 0. The van der Waals surface area contributed by atoms with Crippen LogP contribution in [0.5, 0.6) is 0 Å². The molecule has 0 fully saturated rings. The van der Waals surface area contributed by atoms with Gasteiger partial charge in [0.2, 0.25) is 0 Å². The second-order valence-corrected chi connectivity index (χ2v) is 4.20. The summed E-state index contributed by atoms with van der Waals surface area (Å²) in [7, 11) is 0. The molecule has 0 bridgehead atoms. The van der Waals surface area contributed by atoms with Crippen LogP contribution in [0.1, 0.15) is 44.6 Å². The van der Waals surface area contributed by atoms with E-state index < -0.39 is 11.6 Å². The van der Waals surface area contributed by atoms with Gasteiger partial charge in [0.05, 0.1) is 13.0 Å². The summed E-state index contributed by atoms with van der Waals surface area (Å²) in [5.74, 6) is -1.83. The molecule has 1 rings (SSSR count). The molecular formula is C14H18F2O2. The van der Waals surface area contributed by atoms with Gasteiger partial charge in [-0.1, -0.05) is 19.9 Å². The molecule has 1 unspecified atom stereocenters. The third kappa shape index (κ3) is 4.09. The van der Waals surface area contributed by atoms with E-state index in [4.69, 9.17) is 4.74 Å². The van der Waals surface area contributed by atoms with Gasteiger partial charge in [-0.2, -0.15) is 0 Å². The molecule has 2 nitrogen and oxygen atoms in total. The lowest BCUT2D eigenvalue weighted by molar-refractivity contribution is -0.144. The molecular weight excluding hydrogens is 238 g/mol. The summed E-state index contributed by atoms with van der Waals surface area (Å²) in [4.78, 5) is 11.5. The fourth-order valence-electron chi connectivity index (χ4n) is 1.78. The van der Waals surface area contributed by atoms with Crippen LogP contribution >= 0.6 is 0 Å². The molecule has 0 amide bonds. The number of esters is 1. The fourth-order valence-corrected chi connectivity index (χ4v) is 1.78. The minimum atomic E-state index is -0.611. The van der Waals surface area contributed by atoms with Gasteiger partial charge in [0.15, 0.2) is 0 Å².